The Hall–Kier alpha value is -1.55. The minimum absolute atomic E-state index is 0.424. The van der Waals surface area contributed by atoms with Gasteiger partial charge in [0, 0.05) is 0 Å². The number of hydrogen-bond acceptors (Lipinski definition) is 3. The molecule has 1 aliphatic carbocycles. The van der Waals surface area contributed by atoms with Gasteiger partial charge in [-0.25, -0.2) is 4.79 Å². The van der Waals surface area contributed by atoms with Crippen LogP contribution in [0.4, 0.5) is 4.79 Å². The molecule has 1 amide bonds. The third-order valence-electron chi connectivity index (χ3n) is 3.55. The Kier molecular flexibility index (Phi) is 4.04. The van der Waals surface area contributed by atoms with E-state index in [1.165, 1.54) is 0 Å². The number of alkyl carbamates (subject to hydrolysis) is 1. The van der Waals surface area contributed by atoms with E-state index < -0.39 is 23.3 Å². The Balaban J connectivity index is 2.14. The standard InChI is InChI=1S/C16H23NO3/c1-15(2,3)20-14(18)17-13(16(19)10-7-11-16)12-8-5-4-6-9-12/h4-6,8-9,13,19H,7,10-11H2,1-3H3,(H,17,18). The third kappa shape index (κ3) is 3.51. The molecule has 0 spiro atoms. The highest BCUT2D eigenvalue weighted by molar-refractivity contribution is 5.68. The fourth-order valence-electron chi connectivity index (χ4n) is 2.43. The zero-order chi connectivity index (χ0) is 14.8. The number of amides is 1. The van der Waals surface area contributed by atoms with E-state index in [2.05, 4.69) is 5.32 Å². The molecule has 2 N–H and O–H groups in total. The first-order chi connectivity index (χ1) is 9.30. The van der Waals surface area contributed by atoms with Crippen LogP contribution in [0.15, 0.2) is 30.3 Å². The lowest BCUT2D eigenvalue weighted by atomic mass is 9.72. The number of ether oxygens (including phenoxy) is 1. The van der Waals surface area contributed by atoms with Crippen LogP contribution in [0.25, 0.3) is 0 Å². The summed E-state index contributed by atoms with van der Waals surface area (Å²) in [7, 11) is 0. The highest BCUT2D eigenvalue weighted by Crippen LogP contribution is 2.42. The largest absolute Gasteiger partial charge is 0.444 e. The summed E-state index contributed by atoms with van der Waals surface area (Å²) in [4.78, 5) is 12.0. The van der Waals surface area contributed by atoms with Crippen LogP contribution >= 0.6 is 0 Å². The van der Waals surface area contributed by atoms with E-state index in [0.717, 1.165) is 12.0 Å². The maximum Gasteiger partial charge on any atom is 0.408 e. The second-order valence-corrected chi connectivity index (χ2v) is 6.45. The van der Waals surface area contributed by atoms with E-state index in [0.29, 0.717) is 12.8 Å². The molecule has 1 unspecified atom stereocenters. The predicted molar refractivity (Wildman–Crippen MR) is 77.4 cm³/mol. The normalized spacial score (nSPS) is 18.8. The van der Waals surface area contributed by atoms with Gasteiger partial charge in [0.15, 0.2) is 0 Å². The molecular formula is C16H23NO3. The zero-order valence-electron chi connectivity index (χ0n) is 12.3. The van der Waals surface area contributed by atoms with Crippen molar-refractivity contribution in [2.24, 2.45) is 0 Å². The van der Waals surface area contributed by atoms with Crippen molar-refractivity contribution in [2.75, 3.05) is 0 Å². The van der Waals surface area contributed by atoms with Crippen molar-refractivity contribution < 1.29 is 14.6 Å². The molecule has 0 radical (unpaired) electrons. The van der Waals surface area contributed by atoms with Crippen LogP contribution < -0.4 is 5.32 Å². The van der Waals surface area contributed by atoms with Gasteiger partial charge in [-0.05, 0) is 45.6 Å². The fourth-order valence-corrected chi connectivity index (χ4v) is 2.43. The predicted octanol–water partition coefficient (Wildman–Crippen LogP) is 3.17. The molecule has 0 heterocycles. The summed E-state index contributed by atoms with van der Waals surface area (Å²) >= 11 is 0. The molecule has 1 atom stereocenters. The second kappa shape index (κ2) is 5.44. The number of benzene rings is 1. The summed E-state index contributed by atoms with van der Waals surface area (Å²) in [5.41, 5.74) is -0.508. The quantitative estimate of drug-likeness (QED) is 0.892. The van der Waals surface area contributed by atoms with E-state index in [1.54, 1.807) is 0 Å². The van der Waals surface area contributed by atoms with Gasteiger partial charge >= 0.3 is 6.09 Å². The topological polar surface area (TPSA) is 58.6 Å². The maximum absolute atomic E-state index is 12.0. The molecule has 110 valence electrons. The Morgan fingerprint density at radius 2 is 1.90 bits per heavy atom. The molecule has 4 heteroatoms. The minimum atomic E-state index is -0.863. The van der Waals surface area contributed by atoms with Crippen molar-refractivity contribution in [2.45, 2.75) is 57.3 Å². The van der Waals surface area contributed by atoms with Crippen molar-refractivity contribution in [1.82, 2.24) is 5.32 Å². The highest BCUT2D eigenvalue weighted by Gasteiger charge is 2.44. The van der Waals surface area contributed by atoms with Gasteiger partial charge in [-0.15, -0.1) is 0 Å². The van der Waals surface area contributed by atoms with Crippen molar-refractivity contribution in [3.63, 3.8) is 0 Å². The monoisotopic (exact) mass is 277 g/mol. The lowest BCUT2D eigenvalue weighted by Gasteiger charge is -2.43. The molecule has 1 aromatic carbocycles. The van der Waals surface area contributed by atoms with Gasteiger partial charge in [-0.2, -0.15) is 0 Å². The number of aliphatic hydroxyl groups is 1. The number of rotatable bonds is 3. The smallest absolute Gasteiger partial charge is 0.408 e. The van der Waals surface area contributed by atoms with Crippen LogP contribution in [0.5, 0.6) is 0 Å². The number of carbonyl (C=O) groups excluding carboxylic acids is 1. The summed E-state index contributed by atoms with van der Waals surface area (Å²) in [6.45, 7) is 5.46. The number of nitrogens with one attached hydrogen (secondary N) is 1. The Bertz CT molecular complexity index is 460. The summed E-state index contributed by atoms with van der Waals surface area (Å²) < 4.78 is 5.29. The number of hydrogen-bond donors (Lipinski definition) is 2. The molecule has 2 rings (SSSR count). The van der Waals surface area contributed by atoms with Crippen LogP contribution in [0.2, 0.25) is 0 Å². The van der Waals surface area contributed by atoms with Gasteiger partial charge in [-0.3, -0.25) is 0 Å². The summed E-state index contributed by atoms with van der Waals surface area (Å²) in [6.07, 6.45) is 1.88. The molecule has 1 aromatic rings. The summed E-state index contributed by atoms with van der Waals surface area (Å²) in [5, 5.41) is 13.4. The van der Waals surface area contributed by atoms with Gasteiger partial charge in [-0.1, -0.05) is 30.3 Å². The van der Waals surface area contributed by atoms with E-state index >= 15 is 0 Å². The minimum Gasteiger partial charge on any atom is -0.444 e. The molecule has 0 aliphatic heterocycles. The molecule has 1 aliphatic rings. The molecule has 1 fully saturated rings. The van der Waals surface area contributed by atoms with E-state index in [9.17, 15) is 9.90 Å². The second-order valence-electron chi connectivity index (χ2n) is 6.45. The van der Waals surface area contributed by atoms with E-state index in [1.807, 2.05) is 51.1 Å². The average molecular weight is 277 g/mol. The van der Waals surface area contributed by atoms with Crippen LogP contribution in [-0.4, -0.2) is 22.4 Å². The SMILES string of the molecule is CC(C)(C)OC(=O)NC(c1ccccc1)C1(O)CCC1. The van der Waals surface area contributed by atoms with Crippen molar-refractivity contribution in [3.8, 4) is 0 Å². The van der Waals surface area contributed by atoms with Gasteiger partial charge in [0.05, 0.1) is 11.6 Å². The highest BCUT2D eigenvalue weighted by atomic mass is 16.6. The third-order valence-corrected chi connectivity index (χ3v) is 3.55. The Morgan fingerprint density at radius 1 is 1.30 bits per heavy atom. The van der Waals surface area contributed by atoms with Crippen molar-refractivity contribution in [3.05, 3.63) is 35.9 Å². The van der Waals surface area contributed by atoms with Gasteiger partial charge in [0.25, 0.3) is 0 Å². The van der Waals surface area contributed by atoms with Crippen LogP contribution in [0.3, 0.4) is 0 Å². The molecule has 0 aromatic heterocycles. The van der Waals surface area contributed by atoms with E-state index in [4.69, 9.17) is 4.74 Å². The first-order valence-electron chi connectivity index (χ1n) is 7.07. The number of carbonyl (C=O) groups is 1. The zero-order valence-corrected chi connectivity index (χ0v) is 12.3. The van der Waals surface area contributed by atoms with Gasteiger partial charge in [0.1, 0.15) is 5.60 Å². The summed E-state index contributed by atoms with van der Waals surface area (Å²) in [6, 6.07) is 9.13. The van der Waals surface area contributed by atoms with Crippen LogP contribution in [-0.2, 0) is 4.74 Å². The lowest BCUT2D eigenvalue weighted by Crippen LogP contribution is -2.51. The molecular weight excluding hydrogens is 254 g/mol. The molecule has 0 bridgehead atoms. The Morgan fingerprint density at radius 3 is 2.35 bits per heavy atom. The molecule has 0 saturated heterocycles. The molecule has 4 nitrogen and oxygen atoms in total. The van der Waals surface area contributed by atoms with Gasteiger partial charge in [0.2, 0.25) is 0 Å². The van der Waals surface area contributed by atoms with Crippen LogP contribution in [0, 0.1) is 0 Å². The maximum atomic E-state index is 12.0. The first-order valence-corrected chi connectivity index (χ1v) is 7.07. The van der Waals surface area contributed by atoms with Crippen molar-refractivity contribution in [1.29, 1.82) is 0 Å². The summed E-state index contributed by atoms with van der Waals surface area (Å²) in [5.74, 6) is 0. The Labute approximate surface area is 120 Å². The van der Waals surface area contributed by atoms with E-state index in [-0.39, 0.29) is 0 Å². The molecule has 1 saturated carbocycles. The first kappa shape index (κ1) is 14.9. The molecule has 20 heavy (non-hydrogen) atoms. The van der Waals surface area contributed by atoms with Gasteiger partial charge < -0.3 is 15.2 Å². The fraction of sp³-hybridized carbons (Fsp3) is 0.562. The average Bonchev–Trinajstić information content (AvgIpc) is 2.32. The van der Waals surface area contributed by atoms with Crippen molar-refractivity contribution >= 4 is 6.09 Å². The van der Waals surface area contributed by atoms with Crippen LogP contribution in [0.1, 0.15) is 51.6 Å². The lowest BCUT2D eigenvalue weighted by molar-refractivity contribution is -0.0677.